The molecule has 0 aromatic rings. The molecule has 134 valence electrons. The largest absolute Gasteiger partial charge is 0.396 e. The molecule has 2 aliphatic rings. The van der Waals surface area contributed by atoms with E-state index in [1.807, 2.05) is 0 Å². The predicted octanol–water partition coefficient (Wildman–Crippen LogP) is 2.03. The number of hydrogen-bond donors (Lipinski definition) is 1. The molecule has 2 saturated heterocycles. The number of aliphatic hydroxyl groups excluding tert-OH is 1. The minimum atomic E-state index is -0.0134. The first-order valence-electron chi connectivity index (χ1n) is 9.44. The first kappa shape index (κ1) is 18.7. The topological polar surface area (TPSA) is 53.0 Å². The van der Waals surface area contributed by atoms with E-state index in [1.54, 1.807) is 0 Å². The van der Waals surface area contributed by atoms with Gasteiger partial charge in [0, 0.05) is 38.9 Å². The van der Waals surface area contributed by atoms with Gasteiger partial charge in [0.1, 0.15) is 0 Å². The van der Waals surface area contributed by atoms with E-state index in [1.165, 1.54) is 6.42 Å². The number of rotatable bonds is 7. The molecule has 2 atom stereocenters. The average Bonchev–Trinajstić information content (AvgIpc) is 2.61. The molecule has 2 heterocycles. The lowest BCUT2D eigenvalue weighted by Gasteiger charge is -2.41. The number of amides is 1. The number of nitrogens with zero attached hydrogens (tertiary/aromatic N) is 2. The van der Waals surface area contributed by atoms with Crippen molar-refractivity contribution in [2.45, 2.75) is 77.0 Å². The molecule has 2 fully saturated rings. The van der Waals surface area contributed by atoms with Crippen LogP contribution in [-0.2, 0) is 9.53 Å². The summed E-state index contributed by atoms with van der Waals surface area (Å²) in [4.78, 5) is 17.3. The highest BCUT2D eigenvalue weighted by Gasteiger charge is 2.33. The number of piperidine rings is 2. The van der Waals surface area contributed by atoms with Crippen molar-refractivity contribution in [3.8, 4) is 0 Å². The molecule has 0 saturated carbocycles. The first-order chi connectivity index (χ1) is 11.2. The van der Waals surface area contributed by atoms with Crippen LogP contribution in [0.15, 0.2) is 0 Å². The molecule has 0 bridgehead atoms. The van der Waals surface area contributed by atoms with Gasteiger partial charge in [0.2, 0.25) is 5.91 Å². The zero-order valence-corrected chi connectivity index (χ0v) is 14.9. The standard InChI is InChI=1S/C18H34N2O3/c1-3-16-7-4-5-10-20(16)18(22)15(2)19-11-8-17(9-12-19)23-14-6-13-21/h15-17,21H,3-14H2,1-2H3. The SMILES string of the molecule is CCC1CCCCN1C(=O)C(C)N1CCC(OCCCO)CC1. The zero-order chi connectivity index (χ0) is 16.7. The molecule has 0 aliphatic carbocycles. The lowest BCUT2D eigenvalue weighted by molar-refractivity contribution is -0.141. The average molecular weight is 326 g/mol. The van der Waals surface area contributed by atoms with Gasteiger partial charge < -0.3 is 14.7 Å². The van der Waals surface area contributed by atoms with Crippen molar-refractivity contribution in [2.75, 3.05) is 32.8 Å². The Kier molecular flexibility index (Phi) is 7.80. The van der Waals surface area contributed by atoms with Crippen molar-refractivity contribution in [3.63, 3.8) is 0 Å². The van der Waals surface area contributed by atoms with Crippen LogP contribution in [-0.4, -0.2) is 71.8 Å². The van der Waals surface area contributed by atoms with Gasteiger partial charge in [-0.15, -0.1) is 0 Å². The highest BCUT2D eigenvalue weighted by atomic mass is 16.5. The van der Waals surface area contributed by atoms with E-state index in [2.05, 4.69) is 23.6 Å². The Morgan fingerprint density at radius 1 is 1.22 bits per heavy atom. The highest BCUT2D eigenvalue weighted by molar-refractivity contribution is 5.82. The van der Waals surface area contributed by atoms with E-state index in [4.69, 9.17) is 9.84 Å². The van der Waals surface area contributed by atoms with Crippen LogP contribution in [0.2, 0.25) is 0 Å². The van der Waals surface area contributed by atoms with Crippen LogP contribution >= 0.6 is 0 Å². The van der Waals surface area contributed by atoms with Crippen molar-refractivity contribution in [1.29, 1.82) is 0 Å². The van der Waals surface area contributed by atoms with Crippen molar-refractivity contribution in [2.24, 2.45) is 0 Å². The highest BCUT2D eigenvalue weighted by Crippen LogP contribution is 2.23. The van der Waals surface area contributed by atoms with Crippen LogP contribution < -0.4 is 0 Å². The van der Waals surface area contributed by atoms with Crippen LogP contribution in [0, 0.1) is 0 Å². The summed E-state index contributed by atoms with van der Waals surface area (Å²) in [5.74, 6) is 0.316. The summed E-state index contributed by atoms with van der Waals surface area (Å²) in [5, 5.41) is 8.81. The third kappa shape index (κ3) is 5.16. The van der Waals surface area contributed by atoms with Crippen molar-refractivity contribution >= 4 is 5.91 Å². The molecule has 5 heteroatoms. The molecule has 2 aliphatic heterocycles. The Morgan fingerprint density at radius 3 is 2.61 bits per heavy atom. The van der Waals surface area contributed by atoms with Crippen LogP contribution in [0.25, 0.3) is 0 Å². The van der Waals surface area contributed by atoms with Crippen LogP contribution in [0.1, 0.15) is 58.8 Å². The molecule has 2 unspecified atom stereocenters. The fraction of sp³-hybridized carbons (Fsp3) is 0.944. The minimum Gasteiger partial charge on any atom is -0.396 e. The number of carbonyl (C=O) groups excluding carboxylic acids is 1. The summed E-state index contributed by atoms with van der Waals surface area (Å²) in [6.07, 6.45) is 7.61. The van der Waals surface area contributed by atoms with E-state index in [9.17, 15) is 4.79 Å². The number of aliphatic hydroxyl groups is 1. The Bertz CT molecular complexity index is 356. The Labute approximate surface area is 141 Å². The number of likely N-dealkylation sites (tertiary alicyclic amines) is 2. The molecular formula is C18H34N2O3. The molecule has 0 aromatic carbocycles. The summed E-state index contributed by atoms with van der Waals surface area (Å²) in [6.45, 7) is 7.89. The van der Waals surface area contributed by atoms with Gasteiger partial charge >= 0.3 is 0 Å². The lowest BCUT2D eigenvalue weighted by atomic mass is 9.98. The Morgan fingerprint density at radius 2 is 1.96 bits per heavy atom. The maximum Gasteiger partial charge on any atom is 0.239 e. The molecule has 2 rings (SSSR count). The quantitative estimate of drug-likeness (QED) is 0.727. The van der Waals surface area contributed by atoms with Gasteiger partial charge in [-0.3, -0.25) is 9.69 Å². The van der Waals surface area contributed by atoms with Gasteiger partial charge in [-0.2, -0.15) is 0 Å². The van der Waals surface area contributed by atoms with Gasteiger partial charge in [-0.05, 0) is 51.9 Å². The van der Waals surface area contributed by atoms with Crippen LogP contribution in [0.4, 0.5) is 0 Å². The summed E-state index contributed by atoms with van der Waals surface area (Å²) >= 11 is 0. The van der Waals surface area contributed by atoms with Gasteiger partial charge in [-0.25, -0.2) is 0 Å². The van der Waals surface area contributed by atoms with E-state index >= 15 is 0 Å². The van der Waals surface area contributed by atoms with E-state index in [0.29, 0.717) is 31.1 Å². The molecule has 0 radical (unpaired) electrons. The molecular weight excluding hydrogens is 292 g/mol. The predicted molar refractivity (Wildman–Crippen MR) is 91.4 cm³/mol. The van der Waals surface area contributed by atoms with Gasteiger partial charge in [-0.1, -0.05) is 6.92 Å². The summed E-state index contributed by atoms with van der Waals surface area (Å²) in [6, 6.07) is 0.429. The fourth-order valence-electron chi connectivity index (χ4n) is 3.86. The first-order valence-corrected chi connectivity index (χ1v) is 9.44. The smallest absolute Gasteiger partial charge is 0.239 e. The fourth-order valence-corrected chi connectivity index (χ4v) is 3.86. The molecule has 1 N–H and O–H groups in total. The maximum atomic E-state index is 12.9. The third-order valence-electron chi connectivity index (χ3n) is 5.42. The summed E-state index contributed by atoms with van der Waals surface area (Å²) in [5.41, 5.74) is 0. The van der Waals surface area contributed by atoms with Crippen molar-refractivity contribution in [3.05, 3.63) is 0 Å². The van der Waals surface area contributed by atoms with Crippen LogP contribution in [0.5, 0.6) is 0 Å². The van der Waals surface area contributed by atoms with E-state index < -0.39 is 0 Å². The summed E-state index contributed by atoms with van der Waals surface area (Å²) in [7, 11) is 0. The normalized spacial score (nSPS) is 25.5. The van der Waals surface area contributed by atoms with Gasteiger partial charge in [0.05, 0.1) is 12.1 Å². The number of ether oxygens (including phenoxy) is 1. The zero-order valence-electron chi connectivity index (χ0n) is 14.9. The minimum absolute atomic E-state index is 0.0134. The lowest BCUT2D eigenvalue weighted by Crippen LogP contribution is -2.54. The molecule has 5 nitrogen and oxygen atoms in total. The number of carbonyl (C=O) groups is 1. The second-order valence-electron chi connectivity index (χ2n) is 6.95. The third-order valence-corrected chi connectivity index (χ3v) is 5.42. The van der Waals surface area contributed by atoms with E-state index in [0.717, 1.165) is 51.7 Å². The molecule has 0 spiro atoms. The monoisotopic (exact) mass is 326 g/mol. The van der Waals surface area contributed by atoms with Crippen LogP contribution in [0.3, 0.4) is 0 Å². The second-order valence-corrected chi connectivity index (χ2v) is 6.95. The maximum absolute atomic E-state index is 12.9. The number of hydrogen-bond acceptors (Lipinski definition) is 4. The second kappa shape index (κ2) is 9.60. The summed E-state index contributed by atoms with van der Waals surface area (Å²) < 4.78 is 5.78. The molecule has 23 heavy (non-hydrogen) atoms. The van der Waals surface area contributed by atoms with Gasteiger partial charge in [0.25, 0.3) is 0 Å². The Balaban J connectivity index is 1.79. The Hall–Kier alpha value is -0.650. The van der Waals surface area contributed by atoms with Gasteiger partial charge in [0.15, 0.2) is 0 Å². The van der Waals surface area contributed by atoms with Crippen molar-refractivity contribution in [1.82, 2.24) is 9.80 Å². The molecule has 1 amide bonds. The van der Waals surface area contributed by atoms with Crippen molar-refractivity contribution < 1.29 is 14.6 Å². The molecule has 0 aromatic heterocycles. The van der Waals surface area contributed by atoms with E-state index in [-0.39, 0.29) is 12.6 Å².